The zero-order valence-corrected chi connectivity index (χ0v) is 12.8. The molecule has 0 aliphatic rings. The largest absolute Gasteiger partial charge is 0.494 e. The maximum Gasteiger partial charge on any atom is 0.230 e. The number of rotatable bonds is 9. The van der Waals surface area contributed by atoms with Crippen LogP contribution in [0.15, 0.2) is 23.1 Å². The van der Waals surface area contributed by atoms with E-state index in [1.54, 1.807) is 13.2 Å². The minimum absolute atomic E-state index is 0.00711. The molecule has 1 amide bonds. The fraction of sp³-hybridized carbons (Fsp3) is 0.500. The Bertz CT molecular complexity index is 427. The number of hydrogen-bond donors (Lipinski definition) is 2. The van der Waals surface area contributed by atoms with Gasteiger partial charge in [0.05, 0.1) is 12.4 Å². The monoisotopic (exact) mass is 298 g/mol. The second-order valence-electron chi connectivity index (χ2n) is 4.12. The van der Waals surface area contributed by atoms with Crippen LogP contribution in [-0.2, 0) is 9.53 Å². The van der Waals surface area contributed by atoms with Crippen molar-refractivity contribution < 1.29 is 14.3 Å². The highest BCUT2D eigenvalue weighted by molar-refractivity contribution is 8.00. The minimum Gasteiger partial charge on any atom is -0.494 e. The molecule has 0 heterocycles. The third-order valence-corrected chi connectivity index (χ3v) is 3.57. The van der Waals surface area contributed by atoms with E-state index in [0.717, 1.165) is 17.1 Å². The maximum absolute atomic E-state index is 11.7. The third-order valence-electron chi connectivity index (χ3n) is 2.50. The Balaban J connectivity index is 2.40. The van der Waals surface area contributed by atoms with Gasteiger partial charge in [-0.05, 0) is 31.5 Å². The number of nitrogens with one attached hydrogen (secondary N) is 1. The zero-order chi connectivity index (χ0) is 14.8. The number of nitrogens with two attached hydrogens (primary N) is 1. The van der Waals surface area contributed by atoms with Crippen molar-refractivity contribution in [3.63, 3.8) is 0 Å². The Morgan fingerprint density at radius 3 is 2.95 bits per heavy atom. The number of ether oxygens (including phenoxy) is 2. The van der Waals surface area contributed by atoms with Crippen molar-refractivity contribution in [3.8, 4) is 5.75 Å². The van der Waals surface area contributed by atoms with Crippen LogP contribution >= 0.6 is 11.8 Å². The van der Waals surface area contributed by atoms with E-state index in [2.05, 4.69) is 5.32 Å². The summed E-state index contributed by atoms with van der Waals surface area (Å²) in [6.07, 6.45) is 0.814. The van der Waals surface area contributed by atoms with Crippen molar-refractivity contribution in [2.24, 2.45) is 0 Å². The Labute approximate surface area is 124 Å². The standard InChI is InChI=1S/C14H22N2O3S/c1-3-19-11-5-6-12(15)13(9-11)20-10-14(17)16-7-4-8-18-2/h5-6,9H,3-4,7-8,10,15H2,1-2H3,(H,16,17). The second kappa shape index (κ2) is 9.50. The van der Waals surface area contributed by atoms with Crippen molar-refractivity contribution in [2.45, 2.75) is 18.2 Å². The smallest absolute Gasteiger partial charge is 0.230 e. The third kappa shape index (κ3) is 6.16. The first kappa shape index (κ1) is 16.7. The zero-order valence-electron chi connectivity index (χ0n) is 12.0. The summed E-state index contributed by atoms with van der Waals surface area (Å²) >= 11 is 1.41. The van der Waals surface area contributed by atoms with Gasteiger partial charge in [0, 0.05) is 30.8 Å². The lowest BCUT2D eigenvalue weighted by molar-refractivity contribution is -0.118. The number of carbonyl (C=O) groups excluding carboxylic acids is 1. The normalized spacial score (nSPS) is 10.3. The van der Waals surface area contributed by atoms with Gasteiger partial charge in [0.2, 0.25) is 5.91 Å². The van der Waals surface area contributed by atoms with Crippen molar-refractivity contribution in [2.75, 3.05) is 38.4 Å². The molecule has 5 nitrogen and oxygen atoms in total. The Morgan fingerprint density at radius 2 is 2.25 bits per heavy atom. The van der Waals surface area contributed by atoms with Crippen LogP contribution in [0.5, 0.6) is 5.75 Å². The molecule has 0 aliphatic heterocycles. The van der Waals surface area contributed by atoms with Crippen LogP contribution in [0.4, 0.5) is 5.69 Å². The average Bonchev–Trinajstić information content (AvgIpc) is 2.44. The summed E-state index contributed by atoms with van der Waals surface area (Å²) in [5.74, 6) is 1.10. The Kier molecular flexibility index (Phi) is 7.91. The number of methoxy groups -OCH3 is 1. The second-order valence-corrected chi connectivity index (χ2v) is 5.13. The van der Waals surface area contributed by atoms with E-state index in [0.29, 0.717) is 31.2 Å². The van der Waals surface area contributed by atoms with Crippen LogP contribution in [-0.4, -0.2) is 38.5 Å². The highest BCUT2D eigenvalue weighted by Gasteiger charge is 2.06. The van der Waals surface area contributed by atoms with Crippen LogP contribution < -0.4 is 15.8 Å². The number of amides is 1. The molecule has 0 atom stereocenters. The SMILES string of the molecule is CCOc1ccc(N)c(SCC(=O)NCCCOC)c1. The summed E-state index contributed by atoms with van der Waals surface area (Å²) in [6, 6.07) is 5.49. The van der Waals surface area contributed by atoms with Crippen LogP contribution in [0, 0.1) is 0 Å². The van der Waals surface area contributed by atoms with E-state index >= 15 is 0 Å². The Hall–Kier alpha value is -1.40. The lowest BCUT2D eigenvalue weighted by Gasteiger charge is -2.09. The molecule has 0 fully saturated rings. The summed E-state index contributed by atoms with van der Waals surface area (Å²) in [5.41, 5.74) is 6.54. The van der Waals surface area contributed by atoms with Crippen molar-refractivity contribution >= 4 is 23.4 Å². The number of nitrogen functional groups attached to an aromatic ring is 1. The summed E-state index contributed by atoms with van der Waals surface area (Å²) < 4.78 is 10.3. The van der Waals surface area contributed by atoms with Crippen molar-refractivity contribution in [1.29, 1.82) is 0 Å². The van der Waals surface area contributed by atoms with Gasteiger partial charge in [-0.15, -0.1) is 11.8 Å². The molecule has 1 aromatic rings. The number of carbonyl (C=O) groups is 1. The fourth-order valence-corrected chi connectivity index (χ4v) is 2.36. The highest BCUT2D eigenvalue weighted by atomic mass is 32.2. The number of thioether (sulfide) groups is 1. The average molecular weight is 298 g/mol. The maximum atomic E-state index is 11.7. The molecule has 0 aromatic heterocycles. The molecular formula is C14H22N2O3S. The molecule has 0 spiro atoms. The molecule has 112 valence electrons. The number of benzene rings is 1. The molecule has 0 bridgehead atoms. The lowest BCUT2D eigenvalue weighted by atomic mass is 10.3. The molecule has 0 aliphatic carbocycles. The molecular weight excluding hydrogens is 276 g/mol. The molecule has 0 saturated heterocycles. The molecule has 6 heteroatoms. The number of anilines is 1. The van der Waals surface area contributed by atoms with Gasteiger partial charge < -0.3 is 20.5 Å². The minimum atomic E-state index is -0.00711. The first-order chi connectivity index (χ1) is 9.67. The van der Waals surface area contributed by atoms with Gasteiger partial charge >= 0.3 is 0 Å². The van der Waals surface area contributed by atoms with Crippen LogP contribution in [0.1, 0.15) is 13.3 Å². The summed E-state index contributed by atoms with van der Waals surface area (Å²) in [4.78, 5) is 12.5. The molecule has 20 heavy (non-hydrogen) atoms. The van der Waals surface area contributed by atoms with Gasteiger partial charge in [-0.1, -0.05) is 0 Å². The topological polar surface area (TPSA) is 73.6 Å². The summed E-state index contributed by atoms with van der Waals surface area (Å²) in [5, 5.41) is 2.84. The molecule has 1 rings (SSSR count). The van der Waals surface area contributed by atoms with Crippen molar-refractivity contribution in [1.82, 2.24) is 5.32 Å². The molecule has 0 saturated carbocycles. The first-order valence-corrected chi connectivity index (χ1v) is 7.56. The van der Waals surface area contributed by atoms with E-state index in [4.69, 9.17) is 15.2 Å². The van der Waals surface area contributed by atoms with Gasteiger partial charge in [-0.2, -0.15) is 0 Å². The van der Waals surface area contributed by atoms with E-state index in [-0.39, 0.29) is 5.91 Å². The van der Waals surface area contributed by atoms with Crippen LogP contribution in [0.3, 0.4) is 0 Å². The summed E-state index contributed by atoms with van der Waals surface area (Å²) in [6.45, 7) is 3.81. The van der Waals surface area contributed by atoms with E-state index in [1.807, 2.05) is 19.1 Å². The van der Waals surface area contributed by atoms with Gasteiger partial charge in [0.25, 0.3) is 0 Å². The lowest BCUT2D eigenvalue weighted by Crippen LogP contribution is -2.26. The Morgan fingerprint density at radius 1 is 1.45 bits per heavy atom. The van der Waals surface area contributed by atoms with Crippen LogP contribution in [0.25, 0.3) is 0 Å². The van der Waals surface area contributed by atoms with E-state index in [1.165, 1.54) is 11.8 Å². The highest BCUT2D eigenvalue weighted by Crippen LogP contribution is 2.29. The molecule has 1 aromatic carbocycles. The van der Waals surface area contributed by atoms with Gasteiger partial charge in [-0.3, -0.25) is 4.79 Å². The molecule has 0 unspecified atom stereocenters. The quantitative estimate of drug-likeness (QED) is 0.414. The van der Waals surface area contributed by atoms with Gasteiger partial charge in [0.15, 0.2) is 0 Å². The van der Waals surface area contributed by atoms with Gasteiger partial charge in [-0.25, -0.2) is 0 Å². The van der Waals surface area contributed by atoms with E-state index < -0.39 is 0 Å². The van der Waals surface area contributed by atoms with E-state index in [9.17, 15) is 4.79 Å². The summed E-state index contributed by atoms with van der Waals surface area (Å²) in [7, 11) is 1.64. The first-order valence-electron chi connectivity index (χ1n) is 6.58. The predicted molar refractivity (Wildman–Crippen MR) is 82.3 cm³/mol. The van der Waals surface area contributed by atoms with Gasteiger partial charge in [0.1, 0.15) is 5.75 Å². The predicted octanol–water partition coefficient (Wildman–Crippen LogP) is 1.91. The fourth-order valence-electron chi connectivity index (χ4n) is 1.53. The molecule has 0 radical (unpaired) electrons. The molecule has 3 N–H and O–H groups in total. The van der Waals surface area contributed by atoms with Crippen molar-refractivity contribution in [3.05, 3.63) is 18.2 Å². The number of hydrogen-bond acceptors (Lipinski definition) is 5. The van der Waals surface area contributed by atoms with Crippen LogP contribution in [0.2, 0.25) is 0 Å².